The number of hydrogen-bond acceptors (Lipinski definition) is 3. The first kappa shape index (κ1) is 19.7. The normalized spacial score (nSPS) is 10.9. The van der Waals surface area contributed by atoms with Gasteiger partial charge in [0.2, 0.25) is 5.91 Å². The lowest BCUT2D eigenvalue weighted by Gasteiger charge is -2.07. The number of aromatic nitrogens is 1. The van der Waals surface area contributed by atoms with E-state index < -0.39 is 0 Å². The molecule has 0 bridgehead atoms. The molecule has 0 fully saturated rings. The number of amides is 1. The van der Waals surface area contributed by atoms with Gasteiger partial charge in [-0.1, -0.05) is 43.2 Å². The standard InChI is InChI=1S/C23H27N3O2/c1-26-20-13-9-6-10-17(20)16-21(26)22(27)14-4-2-3-5-15-23(28)25-19-12-8-7-11-18(19)24/h6-13,16H,2-5,14-15,24H2,1H3,(H,25,28). The van der Waals surface area contributed by atoms with Crippen molar-refractivity contribution in [3.8, 4) is 0 Å². The average molecular weight is 377 g/mol. The number of nitrogens with one attached hydrogen (secondary N) is 1. The molecule has 0 unspecified atom stereocenters. The summed E-state index contributed by atoms with van der Waals surface area (Å²) in [6.07, 6.45) is 4.52. The molecule has 3 rings (SSSR count). The number of hydrogen-bond donors (Lipinski definition) is 2. The number of fused-ring (bicyclic) bond motifs is 1. The third kappa shape index (κ3) is 4.80. The van der Waals surface area contributed by atoms with E-state index in [1.165, 1.54) is 0 Å². The smallest absolute Gasteiger partial charge is 0.224 e. The van der Waals surface area contributed by atoms with Gasteiger partial charge in [0, 0.05) is 30.8 Å². The van der Waals surface area contributed by atoms with Crippen LogP contribution in [-0.4, -0.2) is 16.3 Å². The summed E-state index contributed by atoms with van der Waals surface area (Å²) < 4.78 is 1.97. The first-order chi connectivity index (χ1) is 13.6. The Morgan fingerprint density at radius 3 is 2.36 bits per heavy atom. The Morgan fingerprint density at radius 2 is 1.61 bits per heavy atom. The van der Waals surface area contributed by atoms with E-state index in [2.05, 4.69) is 5.32 Å². The van der Waals surface area contributed by atoms with Gasteiger partial charge in [0.1, 0.15) is 0 Å². The number of Topliss-reactive ketones (excluding diaryl/α,β-unsaturated/α-hetero) is 1. The summed E-state index contributed by atoms with van der Waals surface area (Å²) in [4.78, 5) is 24.5. The van der Waals surface area contributed by atoms with Crippen molar-refractivity contribution in [2.24, 2.45) is 7.05 Å². The van der Waals surface area contributed by atoms with Gasteiger partial charge >= 0.3 is 0 Å². The summed E-state index contributed by atoms with van der Waals surface area (Å²) in [6.45, 7) is 0. The number of nitrogen functional groups attached to an aromatic ring is 1. The molecule has 0 spiro atoms. The predicted molar refractivity (Wildman–Crippen MR) is 114 cm³/mol. The third-order valence-electron chi connectivity index (χ3n) is 5.03. The highest BCUT2D eigenvalue weighted by Gasteiger charge is 2.12. The topological polar surface area (TPSA) is 77.1 Å². The molecular weight excluding hydrogens is 350 g/mol. The molecule has 0 aliphatic rings. The Morgan fingerprint density at radius 1 is 0.929 bits per heavy atom. The minimum Gasteiger partial charge on any atom is -0.397 e. The summed E-state index contributed by atoms with van der Waals surface area (Å²) in [6, 6.07) is 17.2. The van der Waals surface area contributed by atoms with E-state index in [9.17, 15) is 9.59 Å². The van der Waals surface area contributed by atoms with E-state index in [0.29, 0.717) is 24.2 Å². The van der Waals surface area contributed by atoms with Gasteiger partial charge in [0.15, 0.2) is 5.78 Å². The second kappa shape index (κ2) is 9.22. The van der Waals surface area contributed by atoms with Crippen molar-refractivity contribution in [1.82, 2.24) is 4.57 Å². The van der Waals surface area contributed by atoms with Crippen LogP contribution in [0.5, 0.6) is 0 Å². The highest BCUT2D eigenvalue weighted by Crippen LogP contribution is 2.21. The van der Waals surface area contributed by atoms with Gasteiger partial charge in [-0.2, -0.15) is 0 Å². The third-order valence-corrected chi connectivity index (χ3v) is 5.03. The number of nitrogens with two attached hydrogens (primary N) is 1. The second-order valence-corrected chi connectivity index (χ2v) is 7.12. The number of rotatable bonds is 9. The second-order valence-electron chi connectivity index (χ2n) is 7.12. The maximum absolute atomic E-state index is 12.5. The summed E-state index contributed by atoms with van der Waals surface area (Å²) >= 11 is 0. The fraction of sp³-hybridized carbons (Fsp3) is 0.304. The van der Waals surface area contributed by atoms with Gasteiger partial charge in [-0.15, -0.1) is 0 Å². The fourth-order valence-electron chi connectivity index (χ4n) is 3.43. The van der Waals surface area contributed by atoms with Crippen LogP contribution in [0.4, 0.5) is 11.4 Å². The first-order valence-electron chi connectivity index (χ1n) is 9.78. The molecule has 146 valence electrons. The van der Waals surface area contributed by atoms with Crippen LogP contribution >= 0.6 is 0 Å². The van der Waals surface area contributed by atoms with Crippen LogP contribution in [0.25, 0.3) is 10.9 Å². The average Bonchev–Trinajstić information content (AvgIpc) is 3.03. The molecule has 1 aromatic heterocycles. The molecule has 0 aliphatic carbocycles. The van der Waals surface area contributed by atoms with E-state index in [1.54, 1.807) is 12.1 Å². The van der Waals surface area contributed by atoms with Crippen LogP contribution in [0.2, 0.25) is 0 Å². The lowest BCUT2D eigenvalue weighted by atomic mass is 10.1. The van der Waals surface area contributed by atoms with Crippen molar-refractivity contribution in [2.75, 3.05) is 11.1 Å². The maximum Gasteiger partial charge on any atom is 0.224 e. The largest absolute Gasteiger partial charge is 0.397 e. The quantitative estimate of drug-likeness (QED) is 0.315. The monoisotopic (exact) mass is 377 g/mol. The van der Waals surface area contributed by atoms with Crippen LogP contribution in [0.15, 0.2) is 54.6 Å². The van der Waals surface area contributed by atoms with Crippen molar-refractivity contribution in [2.45, 2.75) is 38.5 Å². The Hall–Kier alpha value is -3.08. The number of anilines is 2. The van der Waals surface area contributed by atoms with Crippen LogP contribution in [0.3, 0.4) is 0 Å². The number of unbranched alkanes of at least 4 members (excludes halogenated alkanes) is 3. The number of nitrogens with zero attached hydrogens (tertiary/aromatic N) is 1. The van der Waals surface area contributed by atoms with E-state index in [4.69, 9.17) is 5.73 Å². The molecule has 1 amide bonds. The van der Waals surface area contributed by atoms with Crippen LogP contribution in [0, 0.1) is 0 Å². The Balaban J connectivity index is 1.36. The van der Waals surface area contributed by atoms with Crippen molar-refractivity contribution >= 4 is 34.0 Å². The molecule has 28 heavy (non-hydrogen) atoms. The number of carbonyl (C=O) groups is 2. The fourth-order valence-corrected chi connectivity index (χ4v) is 3.43. The van der Waals surface area contributed by atoms with Crippen molar-refractivity contribution in [3.05, 3.63) is 60.3 Å². The molecule has 0 aliphatic heterocycles. The maximum atomic E-state index is 12.5. The number of benzene rings is 2. The predicted octanol–water partition coefficient (Wildman–Crippen LogP) is 4.92. The van der Waals surface area contributed by atoms with E-state index in [0.717, 1.165) is 42.3 Å². The Kier molecular flexibility index (Phi) is 6.48. The van der Waals surface area contributed by atoms with Crippen molar-refractivity contribution in [1.29, 1.82) is 0 Å². The first-order valence-corrected chi connectivity index (χ1v) is 9.78. The number of ketones is 1. The minimum absolute atomic E-state index is 0.0236. The van der Waals surface area contributed by atoms with Gasteiger partial charge in [0.05, 0.1) is 17.1 Å². The van der Waals surface area contributed by atoms with Gasteiger partial charge in [-0.05, 0) is 37.1 Å². The minimum atomic E-state index is -0.0236. The highest BCUT2D eigenvalue weighted by atomic mass is 16.1. The van der Waals surface area contributed by atoms with E-state index in [1.807, 2.05) is 54.1 Å². The van der Waals surface area contributed by atoms with Crippen LogP contribution < -0.4 is 11.1 Å². The zero-order valence-corrected chi connectivity index (χ0v) is 16.3. The zero-order valence-electron chi connectivity index (χ0n) is 16.3. The summed E-state index contributed by atoms with van der Waals surface area (Å²) in [5.41, 5.74) is 8.90. The molecule has 0 saturated heterocycles. The molecular formula is C23H27N3O2. The van der Waals surface area contributed by atoms with Crippen LogP contribution in [-0.2, 0) is 11.8 Å². The van der Waals surface area contributed by atoms with Gasteiger partial charge < -0.3 is 15.6 Å². The Bertz CT molecular complexity index is 975. The van der Waals surface area contributed by atoms with E-state index >= 15 is 0 Å². The van der Waals surface area contributed by atoms with Crippen LogP contribution in [0.1, 0.15) is 49.0 Å². The van der Waals surface area contributed by atoms with Gasteiger partial charge in [-0.3, -0.25) is 9.59 Å². The molecule has 3 N–H and O–H groups in total. The SMILES string of the molecule is Cn1c(C(=O)CCCCCCC(=O)Nc2ccccc2N)cc2ccccc21. The molecule has 5 heteroatoms. The summed E-state index contributed by atoms with van der Waals surface area (Å²) in [5, 5.41) is 3.93. The summed E-state index contributed by atoms with van der Waals surface area (Å²) in [7, 11) is 1.94. The molecule has 3 aromatic rings. The Labute approximate surface area is 165 Å². The molecule has 2 aromatic carbocycles. The molecule has 0 saturated carbocycles. The highest BCUT2D eigenvalue weighted by molar-refractivity contribution is 6.00. The van der Waals surface area contributed by atoms with Crippen molar-refractivity contribution in [3.63, 3.8) is 0 Å². The number of aryl methyl sites for hydroxylation is 1. The molecule has 1 heterocycles. The van der Waals surface area contributed by atoms with Gasteiger partial charge in [-0.25, -0.2) is 0 Å². The molecule has 0 radical (unpaired) electrons. The summed E-state index contributed by atoms with van der Waals surface area (Å²) in [5.74, 6) is 0.153. The molecule has 0 atom stereocenters. The van der Waals surface area contributed by atoms with Crippen molar-refractivity contribution < 1.29 is 9.59 Å². The number of carbonyl (C=O) groups excluding carboxylic acids is 2. The lowest BCUT2D eigenvalue weighted by Crippen LogP contribution is -2.12. The van der Waals surface area contributed by atoms with E-state index in [-0.39, 0.29) is 11.7 Å². The lowest BCUT2D eigenvalue weighted by molar-refractivity contribution is -0.116. The number of para-hydroxylation sites is 3. The molecule has 5 nitrogen and oxygen atoms in total. The zero-order chi connectivity index (χ0) is 19.9. The van der Waals surface area contributed by atoms with Gasteiger partial charge in [0.25, 0.3) is 0 Å².